The van der Waals surface area contributed by atoms with Crippen molar-refractivity contribution in [2.45, 2.75) is 283 Å². The number of carbonyl (C=O) groups is 2. The lowest BCUT2D eigenvalue weighted by atomic mass is 10.0. The highest BCUT2D eigenvalue weighted by Gasteiger charge is 2.27. The van der Waals surface area contributed by atoms with E-state index in [2.05, 4.69) is 62.5 Å². The molecule has 416 valence electrons. The molecule has 0 spiro atoms. The van der Waals surface area contributed by atoms with Crippen molar-refractivity contribution in [3.8, 4) is 0 Å². The number of hydrogen-bond acceptors (Lipinski definition) is 7. The first kappa shape index (κ1) is 69.0. The number of rotatable bonds is 55. The van der Waals surface area contributed by atoms with Crippen molar-refractivity contribution in [3.63, 3.8) is 0 Å². The average Bonchev–Trinajstić information content (AvgIpc) is 3.33. The van der Waals surface area contributed by atoms with E-state index in [1.807, 2.05) is 21.1 Å². The van der Waals surface area contributed by atoms with Crippen molar-refractivity contribution in [1.29, 1.82) is 0 Å². The van der Waals surface area contributed by atoms with Gasteiger partial charge in [0.2, 0.25) is 0 Å². The van der Waals surface area contributed by atoms with Gasteiger partial charge in [0.15, 0.2) is 6.10 Å². The normalized spacial score (nSPS) is 13.6. The van der Waals surface area contributed by atoms with Crippen LogP contribution in [0.3, 0.4) is 0 Å². The van der Waals surface area contributed by atoms with E-state index in [0.717, 1.165) is 57.8 Å². The number of carbonyl (C=O) groups excluding carboxylic acids is 2. The molecular weight excluding hydrogens is 906 g/mol. The summed E-state index contributed by atoms with van der Waals surface area (Å²) < 4.78 is 34.5. The van der Waals surface area contributed by atoms with E-state index in [1.165, 1.54) is 186 Å². The highest BCUT2D eigenvalue weighted by atomic mass is 31.2. The Hall–Kier alpha value is -2.03. The number of esters is 2. The van der Waals surface area contributed by atoms with Crippen molar-refractivity contribution >= 4 is 19.8 Å². The quantitative estimate of drug-likeness (QED) is 0.0211. The number of unbranched alkanes of at least 4 members (excludes halogenated alkanes) is 33. The third-order valence-corrected chi connectivity index (χ3v) is 14.1. The largest absolute Gasteiger partial charge is 0.472 e. The van der Waals surface area contributed by atoms with E-state index < -0.39 is 26.5 Å². The predicted octanol–water partition coefficient (Wildman–Crippen LogP) is 18.5. The number of phosphoric acid groups is 1. The molecule has 0 radical (unpaired) electrons. The molecule has 0 rings (SSSR count). The van der Waals surface area contributed by atoms with Gasteiger partial charge in [-0.2, -0.15) is 0 Å². The maximum atomic E-state index is 12.7. The molecule has 0 saturated heterocycles. The summed E-state index contributed by atoms with van der Waals surface area (Å²) in [7, 11) is 1.45. The Morgan fingerprint density at radius 3 is 1.20 bits per heavy atom. The smallest absolute Gasteiger partial charge is 0.462 e. The Morgan fingerprint density at radius 2 is 0.803 bits per heavy atom. The van der Waals surface area contributed by atoms with E-state index in [1.54, 1.807) is 0 Å². The van der Waals surface area contributed by atoms with Crippen molar-refractivity contribution in [2.75, 3.05) is 47.5 Å². The molecule has 1 N–H and O–H groups in total. The monoisotopic (exact) mass is 1020 g/mol. The molecule has 9 nitrogen and oxygen atoms in total. The molecule has 0 aromatic heterocycles. The average molecular weight is 1020 g/mol. The number of phosphoric ester groups is 1. The summed E-state index contributed by atoms with van der Waals surface area (Å²) >= 11 is 0. The predicted molar refractivity (Wildman–Crippen MR) is 303 cm³/mol. The number of nitrogens with zero attached hydrogens (tertiary/aromatic N) is 1. The standard InChI is InChI=1S/C61H114NO8P/c1-6-8-10-12-14-16-18-20-22-23-24-25-26-27-28-29-30-31-32-33-34-35-36-37-38-40-41-43-45-47-49-51-53-60(63)67-57-59(58-69-71(65,66)68-56-55-62(3,4)5)70-61(64)54-52-50-48-46-44-42-39-21-19-17-15-13-11-9-7-2/h9,11,15,17,21,39,44,46,59H,6-8,10,12-14,16,18-20,22-38,40-43,45,47-58H2,1-5H3/p+1/b11-9-,17-15-,39-21-,46-44-. The minimum Gasteiger partial charge on any atom is -0.462 e. The van der Waals surface area contributed by atoms with Gasteiger partial charge in [-0.1, -0.05) is 262 Å². The van der Waals surface area contributed by atoms with Crippen LogP contribution in [0.5, 0.6) is 0 Å². The molecular formula is C61H115NO8P+. The summed E-state index contributed by atoms with van der Waals surface area (Å²) in [6.07, 6.45) is 66.5. The van der Waals surface area contributed by atoms with Gasteiger partial charge in [-0.3, -0.25) is 18.6 Å². The lowest BCUT2D eigenvalue weighted by Crippen LogP contribution is -2.37. The van der Waals surface area contributed by atoms with Crippen LogP contribution in [0.25, 0.3) is 0 Å². The first-order valence-corrected chi connectivity index (χ1v) is 31.4. The van der Waals surface area contributed by atoms with E-state index in [-0.39, 0.29) is 32.0 Å². The molecule has 0 aliphatic rings. The van der Waals surface area contributed by atoms with Crippen LogP contribution in [0.15, 0.2) is 48.6 Å². The number of ether oxygens (including phenoxy) is 2. The van der Waals surface area contributed by atoms with Gasteiger partial charge >= 0.3 is 19.8 Å². The second-order valence-electron chi connectivity index (χ2n) is 21.4. The number of likely N-dealkylation sites (N-methyl/N-ethyl adjacent to an activating group) is 1. The van der Waals surface area contributed by atoms with Crippen molar-refractivity contribution in [2.24, 2.45) is 0 Å². The van der Waals surface area contributed by atoms with Gasteiger partial charge in [-0.05, 0) is 51.4 Å². The molecule has 2 unspecified atom stereocenters. The van der Waals surface area contributed by atoms with Gasteiger partial charge in [0.25, 0.3) is 0 Å². The summed E-state index contributed by atoms with van der Waals surface area (Å²) in [4.78, 5) is 35.6. The lowest BCUT2D eigenvalue weighted by molar-refractivity contribution is -0.870. The van der Waals surface area contributed by atoms with Gasteiger partial charge < -0.3 is 18.9 Å². The molecule has 0 bridgehead atoms. The van der Waals surface area contributed by atoms with Crippen LogP contribution in [0, 0.1) is 0 Å². The molecule has 0 amide bonds. The van der Waals surface area contributed by atoms with Crippen LogP contribution >= 0.6 is 7.82 Å². The fourth-order valence-electron chi connectivity index (χ4n) is 8.54. The molecule has 0 saturated carbocycles. The van der Waals surface area contributed by atoms with Crippen LogP contribution in [0.4, 0.5) is 0 Å². The van der Waals surface area contributed by atoms with Crippen LogP contribution in [-0.2, 0) is 32.7 Å². The van der Waals surface area contributed by atoms with Crippen molar-refractivity contribution in [3.05, 3.63) is 48.6 Å². The van der Waals surface area contributed by atoms with E-state index in [9.17, 15) is 19.0 Å². The topological polar surface area (TPSA) is 108 Å². The minimum absolute atomic E-state index is 0.0235. The molecule has 0 heterocycles. The minimum atomic E-state index is -4.39. The molecule has 0 aliphatic heterocycles. The van der Waals surface area contributed by atoms with Crippen LogP contribution in [0.2, 0.25) is 0 Å². The Kier molecular flexibility index (Phi) is 51.3. The molecule has 0 aromatic carbocycles. The number of quaternary nitrogens is 1. The Balaban J connectivity index is 4.00. The first-order valence-electron chi connectivity index (χ1n) is 29.9. The maximum Gasteiger partial charge on any atom is 0.472 e. The third kappa shape index (κ3) is 57.1. The van der Waals surface area contributed by atoms with Crippen molar-refractivity contribution in [1.82, 2.24) is 0 Å². The van der Waals surface area contributed by atoms with E-state index in [0.29, 0.717) is 17.4 Å². The molecule has 0 aromatic rings. The summed E-state index contributed by atoms with van der Waals surface area (Å²) in [5, 5.41) is 0. The molecule has 71 heavy (non-hydrogen) atoms. The summed E-state index contributed by atoms with van der Waals surface area (Å²) in [5.74, 6) is -0.837. The molecule has 0 aliphatic carbocycles. The van der Waals surface area contributed by atoms with Gasteiger partial charge in [0, 0.05) is 12.8 Å². The second kappa shape index (κ2) is 52.8. The Morgan fingerprint density at radius 1 is 0.451 bits per heavy atom. The van der Waals surface area contributed by atoms with E-state index >= 15 is 0 Å². The maximum absolute atomic E-state index is 12.7. The highest BCUT2D eigenvalue weighted by Crippen LogP contribution is 2.43. The summed E-state index contributed by atoms with van der Waals surface area (Å²) in [6.45, 7) is 4.30. The van der Waals surface area contributed by atoms with Gasteiger partial charge in [-0.25, -0.2) is 4.57 Å². The Labute approximate surface area is 439 Å². The van der Waals surface area contributed by atoms with Crippen molar-refractivity contribution < 1.29 is 42.1 Å². The zero-order chi connectivity index (χ0) is 52.0. The molecule has 10 heteroatoms. The molecule has 0 fully saturated rings. The van der Waals surface area contributed by atoms with Gasteiger partial charge in [0.1, 0.15) is 19.8 Å². The lowest BCUT2D eigenvalue weighted by Gasteiger charge is -2.24. The van der Waals surface area contributed by atoms with Crippen LogP contribution in [-0.4, -0.2) is 74.9 Å². The van der Waals surface area contributed by atoms with Gasteiger partial charge in [-0.15, -0.1) is 0 Å². The zero-order valence-electron chi connectivity index (χ0n) is 47.2. The fourth-order valence-corrected chi connectivity index (χ4v) is 9.28. The second-order valence-corrected chi connectivity index (χ2v) is 22.8. The third-order valence-electron chi connectivity index (χ3n) is 13.1. The zero-order valence-corrected chi connectivity index (χ0v) is 48.1. The molecule has 2 atom stereocenters. The Bertz CT molecular complexity index is 1340. The fraction of sp³-hybridized carbons (Fsp3) is 0.836. The summed E-state index contributed by atoms with van der Waals surface area (Å²) in [6, 6.07) is 0. The number of allylic oxidation sites excluding steroid dienone is 8. The van der Waals surface area contributed by atoms with Crippen LogP contribution < -0.4 is 0 Å². The van der Waals surface area contributed by atoms with Crippen LogP contribution in [0.1, 0.15) is 277 Å². The SMILES string of the molecule is CC/C=C\C/C=C\C/C=C\C/C=C\CCCCC(=O)OC(COC(=O)CCCCCCCCCCCCCCCCCCCCCCCCCCCCCCCCCC)COP(=O)(O)OCC[N+](C)(C)C. The number of hydrogen-bond donors (Lipinski definition) is 1. The van der Waals surface area contributed by atoms with E-state index in [4.69, 9.17) is 18.5 Å². The summed E-state index contributed by atoms with van der Waals surface area (Å²) in [5.41, 5.74) is 0. The highest BCUT2D eigenvalue weighted by molar-refractivity contribution is 7.47. The van der Waals surface area contributed by atoms with Gasteiger partial charge in [0.05, 0.1) is 27.7 Å². The first-order chi connectivity index (χ1) is 34.5.